The van der Waals surface area contributed by atoms with Crippen molar-refractivity contribution in [1.29, 1.82) is 0 Å². The highest BCUT2D eigenvalue weighted by atomic mass is 32.2. The summed E-state index contributed by atoms with van der Waals surface area (Å²) in [4.78, 5) is 10.4. The van der Waals surface area contributed by atoms with Gasteiger partial charge in [0.15, 0.2) is 0 Å². The van der Waals surface area contributed by atoms with E-state index < -0.39 is 16.0 Å². The number of sulfonamides is 1. The largest absolute Gasteiger partial charge is 0.481 e. The van der Waals surface area contributed by atoms with E-state index in [1.807, 2.05) is 20.8 Å². The molecule has 0 saturated carbocycles. The fourth-order valence-corrected chi connectivity index (χ4v) is 2.21. The van der Waals surface area contributed by atoms with Crippen molar-refractivity contribution in [3.8, 4) is 0 Å². The molecule has 0 fully saturated rings. The summed E-state index contributed by atoms with van der Waals surface area (Å²) >= 11 is 0. The summed E-state index contributed by atoms with van der Waals surface area (Å²) in [5.74, 6) is -0.937. The fourth-order valence-electron chi connectivity index (χ4n) is 1.21. The molecule has 0 aliphatic carbocycles. The molecule has 0 aromatic heterocycles. The molecule has 0 spiro atoms. The first-order valence-electron chi connectivity index (χ1n) is 6.03. The van der Waals surface area contributed by atoms with Crippen molar-refractivity contribution < 1.29 is 23.1 Å². The summed E-state index contributed by atoms with van der Waals surface area (Å²) in [6.45, 7) is 5.92. The van der Waals surface area contributed by atoms with Crippen LogP contribution in [0.5, 0.6) is 0 Å². The molecule has 0 aliphatic heterocycles. The quantitative estimate of drug-likeness (QED) is 0.619. The first-order chi connectivity index (χ1) is 8.23. The standard InChI is InChI=1S/C11H23NO5S/c1-9(2)17-6-7-18(15,16)12-8-10(3)4-5-11(13)14/h9-10,12H,4-8H2,1-3H3,(H,13,14). The van der Waals surface area contributed by atoms with Crippen LogP contribution < -0.4 is 4.72 Å². The van der Waals surface area contributed by atoms with Crippen molar-refractivity contribution in [3.05, 3.63) is 0 Å². The number of hydrogen-bond donors (Lipinski definition) is 2. The number of carbonyl (C=O) groups is 1. The number of rotatable bonds is 10. The molecule has 0 aromatic rings. The second-order valence-corrected chi connectivity index (χ2v) is 6.55. The second-order valence-electron chi connectivity index (χ2n) is 4.62. The summed E-state index contributed by atoms with van der Waals surface area (Å²) < 4.78 is 30.7. The van der Waals surface area contributed by atoms with Crippen LogP contribution in [0.4, 0.5) is 0 Å². The Kier molecular flexibility index (Phi) is 8.13. The van der Waals surface area contributed by atoms with Gasteiger partial charge >= 0.3 is 5.97 Å². The molecule has 0 bridgehead atoms. The molecule has 0 radical (unpaired) electrons. The van der Waals surface area contributed by atoms with Gasteiger partial charge < -0.3 is 9.84 Å². The molecule has 108 valence electrons. The second kappa shape index (κ2) is 8.44. The van der Waals surface area contributed by atoms with Gasteiger partial charge in [0, 0.05) is 13.0 Å². The van der Waals surface area contributed by atoms with Crippen molar-refractivity contribution in [1.82, 2.24) is 4.72 Å². The van der Waals surface area contributed by atoms with Crippen LogP contribution in [0, 0.1) is 5.92 Å². The monoisotopic (exact) mass is 281 g/mol. The normalized spacial score (nSPS) is 13.8. The van der Waals surface area contributed by atoms with Crippen LogP contribution in [0.25, 0.3) is 0 Å². The van der Waals surface area contributed by atoms with Gasteiger partial charge in [-0.1, -0.05) is 6.92 Å². The van der Waals surface area contributed by atoms with Gasteiger partial charge in [0.25, 0.3) is 0 Å². The van der Waals surface area contributed by atoms with Crippen LogP contribution in [0.15, 0.2) is 0 Å². The maximum Gasteiger partial charge on any atom is 0.303 e. The maximum absolute atomic E-state index is 11.5. The molecular weight excluding hydrogens is 258 g/mol. The van der Waals surface area contributed by atoms with E-state index in [1.165, 1.54) is 0 Å². The predicted octanol–water partition coefficient (Wildman–Crippen LogP) is 0.832. The van der Waals surface area contributed by atoms with Crippen LogP contribution in [0.2, 0.25) is 0 Å². The number of hydrogen-bond acceptors (Lipinski definition) is 4. The highest BCUT2D eigenvalue weighted by molar-refractivity contribution is 7.89. The molecule has 7 heteroatoms. The Balaban J connectivity index is 3.85. The zero-order chi connectivity index (χ0) is 14.2. The summed E-state index contributed by atoms with van der Waals surface area (Å²) in [7, 11) is -3.33. The summed E-state index contributed by atoms with van der Waals surface area (Å²) in [5.41, 5.74) is 0. The number of carboxylic acids is 1. The van der Waals surface area contributed by atoms with E-state index in [2.05, 4.69) is 4.72 Å². The SMILES string of the molecule is CC(CCC(=O)O)CNS(=O)(=O)CCOC(C)C. The molecule has 0 saturated heterocycles. The maximum atomic E-state index is 11.5. The third-order valence-electron chi connectivity index (χ3n) is 2.31. The lowest BCUT2D eigenvalue weighted by atomic mass is 10.1. The summed E-state index contributed by atoms with van der Waals surface area (Å²) in [6, 6.07) is 0. The van der Waals surface area contributed by atoms with Crippen molar-refractivity contribution >= 4 is 16.0 Å². The van der Waals surface area contributed by atoms with Crippen LogP contribution in [0.3, 0.4) is 0 Å². The van der Waals surface area contributed by atoms with Gasteiger partial charge in [0.1, 0.15) is 0 Å². The molecule has 0 amide bonds. The Morgan fingerprint density at radius 1 is 1.33 bits per heavy atom. The molecule has 2 N–H and O–H groups in total. The number of ether oxygens (including phenoxy) is 1. The predicted molar refractivity (Wildman–Crippen MR) is 68.9 cm³/mol. The van der Waals surface area contributed by atoms with Gasteiger partial charge in [0.05, 0.1) is 18.5 Å². The molecule has 0 aliphatic rings. The van der Waals surface area contributed by atoms with Gasteiger partial charge in [0.2, 0.25) is 10.0 Å². The Labute approximate surface area is 109 Å². The van der Waals surface area contributed by atoms with Gasteiger partial charge in [-0.05, 0) is 26.2 Å². The van der Waals surface area contributed by atoms with Gasteiger partial charge in [-0.3, -0.25) is 4.79 Å². The van der Waals surface area contributed by atoms with E-state index in [1.54, 1.807) is 0 Å². The fraction of sp³-hybridized carbons (Fsp3) is 0.909. The molecular formula is C11H23NO5S. The molecule has 6 nitrogen and oxygen atoms in total. The minimum atomic E-state index is -3.33. The van der Waals surface area contributed by atoms with Crippen LogP contribution >= 0.6 is 0 Å². The van der Waals surface area contributed by atoms with E-state index in [0.717, 1.165) is 0 Å². The zero-order valence-electron chi connectivity index (χ0n) is 11.2. The average molecular weight is 281 g/mol. The first kappa shape index (κ1) is 17.3. The number of aliphatic carboxylic acids is 1. The van der Waals surface area contributed by atoms with Crippen molar-refractivity contribution in [3.63, 3.8) is 0 Å². The van der Waals surface area contributed by atoms with E-state index in [4.69, 9.17) is 9.84 Å². The third kappa shape index (κ3) is 10.5. The Hall–Kier alpha value is -0.660. The van der Waals surface area contributed by atoms with Crippen molar-refractivity contribution in [2.75, 3.05) is 18.9 Å². The molecule has 0 aromatic carbocycles. The minimum Gasteiger partial charge on any atom is -0.481 e. The van der Waals surface area contributed by atoms with Gasteiger partial charge in [-0.2, -0.15) is 0 Å². The number of nitrogens with one attached hydrogen (secondary N) is 1. The third-order valence-corrected chi connectivity index (χ3v) is 3.62. The van der Waals surface area contributed by atoms with Crippen molar-refractivity contribution in [2.24, 2.45) is 5.92 Å². The van der Waals surface area contributed by atoms with Crippen LogP contribution in [0.1, 0.15) is 33.6 Å². The highest BCUT2D eigenvalue weighted by Gasteiger charge is 2.13. The molecule has 1 unspecified atom stereocenters. The average Bonchev–Trinajstić information content (AvgIpc) is 2.22. The Morgan fingerprint density at radius 3 is 2.44 bits per heavy atom. The van der Waals surface area contributed by atoms with E-state index in [9.17, 15) is 13.2 Å². The lowest BCUT2D eigenvalue weighted by Gasteiger charge is -2.12. The van der Waals surface area contributed by atoms with Gasteiger partial charge in [-0.25, -0.2) is 13.1 Å². The van der Waals surface area contributed by atoms with E-state index in [0.29, 0.717) is 6.42 Å². The van der Waals surface area contributed by atoms with Crippen LogP contribution in [-0.2, 0) is 19.6 Å². The zero-order valence-corrected chi connectivity index (χ0v) is 12.0. The summed E-state index contributed by atoms with van der Waals surface area (Å²) in [6.07, 6.45) is 0.523. The van der Waals surface area contributed by atoms with Gasteiger partial charge in [-0.15, -0.1) is 0 Å². The van der Waals surface area contributed by atoms with Crippen LogP contribution in [-0.4, -0.2) is 44.5 Å². The Morgan fingerprint density at radius 2 is 1.94 bits per heavy atom. The van der Waals surface area contributed by atoms with E-state index in [-0.39, 0.29) is 37.3 Å². The first-order valence-corrected chi connectivity index (χ1v) is 7.69. The minimum absolute atomic E-state index is 0.00175. The van der Waals surface area contributed by atoms with E-state index >= 15 is 0 Å². The van der Waals surface area contributed by atoms with Crippen molar-refractivity contribution in [2.45, 2.75) is 39.7 Å². The number of carboxylic acid groups (broad SMARTS) is 1. The molecule has 18 heavy (non-hydrogen) atoms. The Bertz CT molecular complexity index is 339. The topological polar surface area (TPSA) is 92.7 Å². The lowest BCUT2D eigenvalue weighted by molar-refractivity contribution is -0.137. The smallest absolute Gasteiger partial charge is 0.303 e. The highest BCUT2D eigenvalue weighted by Crippen LogP contribution is 2.04. The lowest BCUT2D eigenvalue weighted by Crippen LogP contribution is -2.32. The molecule has 0 heterocycles. The summed E-state index contributed by atoms with van der Waals surface area (Å²) in [5, 5.41) is 8.50. The molecule has 1 atom stereocenters. The molecule has 0 rings (SSSR count).